The summed E-state index contributed by atoms with van der Waals surface area (Å²) in [5.41, 5.74) is 18.2. The van der Waals surface area contributed by atoms with Crippen LogP contribution in [0.3, 0.4) is 0 Å². The van der Waals surface area contributed by atoms with Crippen molar-refractivity contribution in [2.45, 2.75) is 53.4 Å². The van der Waals surface area contributed by atoms with Gasteiger partial charge in [0, 0.05) is 22.3 Å². The number of aromatic hydroxyl groups is 1. The molecule has 0 aliphatic rings. The largest absolute Gasteiger partial charge is 0.507 e. The van der Waals surface area contributed by atoms with E-state index in [-0.39, 0.29) is 5.75 Å². The highest BCUT2D eigenvalue weighted by atomic mass is 16.3. The van der Waals surface area contributed by atoms with Crippen LogP contribution in [0, 0.1) is 13.8 Å². The van der Waals surface area contributed by atoms with Crippen LogP contribution in [-0.4, -0.2) is 9.67 Å². The maximum atomic E-state index is 12.1. The van der Waals surface area contributed by atoms with Gasteiger partial charge in [0.15, 0.2) is 11.0 Å². The van der Waals surface area contributed by atoms with Gasteiger partial charge in [0.2, 0.25) is 0 Å². The molecule has 0 unspecified atom stereocenters. The second-order valence-electron chi connectivity index (χ2n) is 15.5. The predicted octanol–water partition coefficient (Wildman–Crippen LogP) is 13.4. The highest BCUT2D eigenvalue weighted by Crippen LogP contribution is 2.44. The minimum absolute atomic E-state index is 0.289. The zero-order valence-electron chi connectivity index (χ0n) is 32.9. The molecule has 7 aromatic carbocycles. The average Bonchev–Trinajstić information content (AvgIpc) is 3.49. The molecule has 1 heterocycles. The van der Waals surface area contributed by atoms with Gasteiger partial charge in [0.1, 0.15) is 11.4 Å². The summed E-state index contributed by atoms with van der Waals surface area (Å²) in [7, 11) is 2.19. The summed E-state index contributed by atoms with van der Waals surface area (Å²) in [4.78, 5) is 0. The molecule has 0 amide bonds. The number of benzene rings is 7. The zero-order valence-corrected chi connectivity index (χ0v) is 32.9. The Bertz CT molecular complexity index is 2640. The van der Waals surface area contributed by atoms with Crippen LogP contribution in [0.15, 0.2) is 152 Å². The third-order valence-electron chi connectivity index (χ3n) is 11.3. The van der Waals surface area contributed by atoms with Crippen molar-refractivity contribution in [1.29, 1.82) is 0 Å². The quantitative estimate of drug-likeness (QED) is 0.156. The molecule has 272 valence electrons. The maximum Gasteiger partial charge on any atom is 0.295 e. The number of aromatic nitrogens is 2. The van der Waals surface area contributed by atoms with Crippen molar-refractivity contribution in [3.8, 4) is 67.3 Å². The van der Waals surface area contributed by atoms with E-state index in [1.807, 2.05) is 18.2 Å². The van der Waals surface area contributed by atoms with Crippen LogP contribution in [0.4, 0.5) is 0 Å². The molecule has 55 heavy (non-hydrogen) atoms. The third kappa shape index (κ3) is 6.34. The van der Waals surface area contributed by atoms with Crippen molar-refractivity contribution < 1.29 is 9.67 Å². The lowest BCUT2D eigenvalue weighted by atomic mass is 9.89. The van der Waals surface area contributed by atoms with Crippen molar-refractivity contribution in [2.24, 2.45) is 7.05 Å². The lowest BCUT2D eigenvalue weighted by Gasteiger charge is -2.20. The van der Waals surface area contributed by atoms with Gasteiger partial charge in [-0.1, -0.05) is 167 Å². The number of para-hydroxylation sites is 4. The summed E-state index contributed by atoms with van der Waals surface area (Å²) >= 11 is 0. The van der Waals surface area contributed by atoms with Crippen molar-refractivity contribution in [2.75, 3.05) is 0 Å². The Hall–Kier alpha value is -6.19. The second-order valence-corrected chi connectivity index (χ2v) is 15.5. The summed E-state index contributed by atoms with van der Waals surface area (Å²) < 4.78 is 4.86. The van der Waals surface area contributed by atoms with E-state index in [4.69, 9.17) is 0 Å². The topological polar surface area (TPSA) is 29.0 Å². The van der Waals surface area contributed by atoms with Gasteiger partial charge in [-0.3, -0.25) is 0 Å². The molecule has 0 saturated heterocycles. The van der Waals surface area contributed by atoms with Crippen LogP contribution in [0.1, 0.15) is 61.8 Å². The number of imidazole rings is 1. The van der Waals surface area contributed by atoms with E-state index in [1.165, 1.54) is 50.1 Å². The Morgan fingerprint density at radius 1 is 0.491 bits per heavy atom. The molecule has 0 bridgehead atoms. The predicted molar refractivity (Wildman–Crippen MR) is 231 cm³/mol. The Kier molecular flexibility index (Phi) is 9.49. The van der Waals surface area contributed by atoms with Gasteiger partial charge in [-0.2, -0.15) is 4.57 Å². The molecule has 0 spiro atoms. The number of hydrogen-bond donors (Lipinski definition) is 1. The van der Waals surface area contributed by atoms with Gasteiger partial charge in [0.05, 0.1) is 12.6 Å². The molecule has 3 nitrogen and oxygen atoms in total. The van der Waals surface area contributed by atoms with Crippen molar-refractivity contribution in [1.82, 2.24) is 4.57 Å². The first-order valence-electron chi connectivity index (χ1n) is 19.5. The highest BCUT2D eigenvalue weighted by Gasteiger charge is 2.33. The van der Waals surface area contributed by atoms with E-state index in [0.717, 1.165) is 44.8 Å². The first kappa shape index (κ1) is 35.8. The fraction of sp³-hybridized carbons (Fsp3) is 0.173. The third-order valence-corrected chi connectivity index (χ3v) is 11.3. The molecular formula is C52H49N2O+. The number of hydrogen-bond acceptors (Lipinski definition) is 1. The Morgan fingerprint density at radius 3 is 1.60 bits per heavy atom. The van der Waals surface area contributed by atoms with E-state index in [2.05, 4.69) is 191 Å². The smallest absolute Gasteiger partial charge is 0.295 e. The van der Waals surface area contributed by atoms with Gasteiger partial charge in [0.25, 0.3) is 5.82 Å². The van der Waals surface area contributed by atoms with Gasteiger partial charge in [-0.05, 0) is 82.3 Å². The molecule has 8 rings (SSSR count). The van der Waals surface area contributed by atoms with Crippen LogP contribution < -0.4 is 4.57 Å². The maximum absolute atomic E-state index is 12.1. The fourth-order valence-corrected chi connectivity index (χ4v) is 8.40. The number of phenols is 1. The van der Waals surface area contributed by atoms with E-state index >= 15 is 0 Å². The zero-order chi connectivity index (χ0) is 38.4. The number of rotatable bonds is 8. The molecule has 1 aromatic heterocycles. The fourth-order valence-electron chi connectivity index (χ4n) is 8.40. The normalized spacial score (nSPS) is 11.6. The van der Waals surface area contributed by atoms with E-state index in [0.29, 0.717) is 11.8 Å². The first-order chi connectivity index (χ1) is 26.6. The molecular weight excluding hydrogens is 669 g/mol. The molecule has 0 aliphatic carbocycles. The second kappa shape index (κ2) is 14.6. The summed E-state index contributed by atoms with van der Waals surface area (Å²) in [5, 5.41) is 12.1. The summed E-state index contributed by atoms with van der Waals surface area (Å²) in [5.74, 6) is 2.11. The first-order valence-corrected chi connectivity index (χ1v) is 19.5. The molecule has 0 aliphatic heterocycles. The minimum atomic E-state index is 0.289. The number of phenolic OH excluding ortho intramolecular Hbond substituents is 1. The molecule has 0 atom stereocenters. The number of fused-ring (bicyclic) bond motifs is 1. The molecule has 8 aromatic rings. The average molecular weight is 718 g/mol. The SMILES string of the molecule is Cc1ccc(-c2cccc(-c3ccc(-c4ccc(-c5ccccc5)cc4)cc3)c2O)c(C)c1-c1n(-c2c(C(C)C)cccc2C(C)C)c2ccccc2[n+]1C. The molecule has 0 fully saturated rings. The summed E-state index contributed by atoms with van der Waals surface area (Å²) in [6.07, 6.45) is 0. The van der Waals surface area contributed by atoms with Crippen molar-refractivity contribution >= 4 is 11.0 Å². The standard InChI is InChI=1S/C52H48N2O/c1-33(2)42-17-13-18-43(34(3)4)50(42)54-48-22-12-11-21-47(48)53(7)52(54)49-35(5)23-32-44(36(49)6)46-20-14-19-45(51(46)55)41-30-28-40(29-31-41)39-26-24-38(25-27-39)37-15-9-8-10-16-37/h8-34H,1-7H3/p+1. The number of nitrogens with zero attached hydrogens (tertiary/aromatic N) is 2. The van der Waals surface area contributed by atoms with E-state index in [9.17, 15) is 5.11 Å². The van der Waals surface area contributed by atoms with Gasteiger partial charge < -0.3 is 5.11 Å². The molecule has 1 N–H and O–H groups in total. The van der Waals surface area contributed by atoms with Crippen LogP contribution in [-0.2, 0) is 7.05 Å². The van der Waals surface area contributed by atoms with Crippen LogP contribution in [0.25, 0.3) is 72.6 Å². The van der Waals surface area contributed by atoms with Crippen LogP contribution in [0.2, 0.25) is 0 Å². The Labute approximate surface area is 325 Å². The molecule has 0 saturated carbocycles. The lowest BCUT2D eigenvalue weighted by Crippen LogP contribution is -2.31. The molecule has 3 heteroatoms. The van der Waals surface area contributed by atoms with Crippen LogP contribution in [0.5, 0.6) is 5.75 Å². The van der Waals surface area contributed by atoms with Gasteiger partial charge >= 0.3 is 0 Å². The summed E-state index contributed by atoms with van der Waals surface area (Å²) in [6.45, 7) is 13.6. The van der Waals surface area contributed by atoms with E-state index < -0.39 is 0 Å². The number of aryl methyl sites for hydroxylation is 2. The lowest BCUT2D eigenvalue weighted by molar-refractivity contribution is -0.633. The highest BCUT2D eigenvalue weighted by molar-refractivity contribution is 5.88. The Balaban J connectivity index is 1.23. The minimum Gasteiger partial charge on any atom is -0.507 e. The Morgan fingerprint density at radius 2 is 1.00 bits per heavy atom. The summed E-state index contributed by atoms with van der Waals surface area (Å²) in [6, 6.07) is 53.7. The van der Waals surface area contributed by atoms with Crippen LogP contribution >= 0.6 is 0 Å². The van der Waals surface area contributed by atoms with Crippen molar-refractivity contribution in [3.05, 3.63) is 174 Å². The monoisotopic (exact) mass is 717 g/mol. The molecule has 0 radical (unpaired) electrons. The van der Waals surface area contributed by atoms with E-state index in [1.54, 1.807) is 0 Å². The van der Waals surface area contributed by atoms with Gasteiger partial charge in [-0.15, -0.1) is 0 Å². The van der Waals surface area contributed by atoms with Gasteiger partial charge in [-0.25, -0.2) is 4.57 Å². The van der Waals surface area contributed by atoms with Crippen molar-refractivity contribution in [3.63, 3.8) is 0 Å².